The van der Waals surface area contributed by atoms with E-state index in [1.165, 1.54) is 0 Å². The Morgan fingerprint density at radius 1 is 1.50 bits per heavy atom. The van der Waals surface area contributed by atoms with Crippen molar-refractivity contribution in [1.82, 2.24) is 9.80 Å². The predicted octanol–water partition coefficient (Wildman–Crippen LogP) is 2.83. The lowest BCUT2D eigenvalue weighted by Gasteiger charge is -2.24. The fraction of sp³-hybridized carbons (Fsp3) is 0.562. The Bertz CT molecular complexity index is 539. The topological polar surface area (TPSA) is 43.8 Å². The third-order valence-electron chi connectivity index (χ3n) is 4.11. The highest BCUT2D eigenvalue weighted by Gasteiger charge is 2.25. The van der Waals surface area contributed by atoms with Crippen LogP contribution in [0.5, 0.6) is 0 Å². The van der Waals surface area contributed by atoms with E-state index < -0.39 is 6.10 Å². The van der Waals surface area contributed by atoms with Crippen LogP contribution in [0.3, 0.4) is 0 Å². The summed E-state index contributed by atoms with van der Waals surface area (Å²) < 4.78 is 0. The Hall–Kier alpha value is -0.810. The van der Waals surface area contributed by atoms with Crippen LogP contribution in [0.15, 0.2) is 18.2 Å². The second kappa shape index (κ2) is 7.64. The molecule has 1 N–H and O–H groups in total. The zero-order valence-electron chi connectivity index (χ0n) is 12.9. The highest BCUT2D eigenvalue weighted by Crippen LogP contribution is 2.27. The molecule has 1 fully saturated rings. The van der Waals surface area contributed by atoms with Crippen LogP contribution in [0.2, 0.25) is 10.0 Å². The smallest absolute Gasteiger partial charge is 0.219 e. The van der Waals surface area contributed by atoms with E-state index in [-0.39, 0.29) is 5.91 Å². The van der Waals surface area contributed by atoms with Crippen LogP contribution >= 0.6 is 23.2 Å². The molecule has 122 valence electrons. The number of rotatable bonds is 5. The van der Waals surface area contributed by atoms with Gasteiger partial charge in [-0.3, -0.25) is 4.79 Å². The second-order valence-corrected chi connectivity index (χ2v) is 6.87. The average Bonchev–Trinajstić information content (AvgIpc) is 2.86. The number of amides is 1. The molecule has 6 heteroatoms. The number of nitrogens with zero attached hydrogens (tertiary/aromatic N) is 2. The summed E-state index contributed by atoms with van der Waals surface area (Å²) in [5, 5.41) is 11.4. The van der Waals surface area contributed by atoms with Gasteiger partial charge in [-0.1, -0.05) is 29.3 Å². The van der Waals surface area contributed by atoms with Crippen molar-refractivity contribution in [3.8, 4) is 0 Å². The summed E-state index contributed by atoms with van der Waals surface area (Å²) in [5.74, 6) is 0.597. The Morgan fingerprint density at radius 3 is 2.82 bits per heavy atom. The monoisotopic (exact) mass is 344 g/mol. The van der Waals surface area contributed by atoms with Gasteiger partial charge >= 0.3 is 0 Å². The molecule has 0 spiro atoms. The SMILES string of the molecule is CC(=O)N1CCC(CN(C)CC(O)c2ccc(Cl)cc2Cl)C1. The van der Waals surface area contributed by atoms with Gasteiger partial charge in [0.05, 0.1) is 6.10 Å². The van der Waals surface area contributed by atoms with E-state index in [1.54, 1.807) is 25.1 Å². The molecule has 4 nitrogen and oxygen atoms in total. The van der Waals surface area contributed by atoms with Crippen LogP contribution in [0.4, 0.5) is 0 Å². The van der Waals surface area contributed by atoms with E-state index >= 15 is 0 Å². The molecule has 22 heavy (non-hydrogen) atoms. The van der Waals surface area contributed by atoms with E-state index in [1.807, 2.05) is 11.9 Å². The highest BCUT2D eigenvalue weighted by atomic mass is 35.5. The lowest BCUT2D eigenvalue weighted by atomic mass is 10.1. The molecule has 1 aromatic rings. The molecule has 1 aliphatic heterocycles. The van der Waals surface area contributed by atoms with Gasteiger partial charge in [0.15, 0.2) is 0 Å². The summed E-state index contributed by atoms with van der Waals surface area (Å²) in [5.41, 5.74) is 0.690. The van der Waals surface area contributed by atoms with Gasteiger partial charge < -0.3 is 14.9 Å². The minimum absolute atomic E-state index is 0.137. The Morgan fingerprint density at radius 2 is 2.23 bits per heavy atom. The first-order valence-corrected chi connectivity index (χ1v) is 8.19. The number of benzene rings is 1. The van der Waals surface area contributed by atoms with Crippen molar-refractivity contribution in [2.75, 3.05) is 33.2 Å². The fourth-order valence-electron chi connectivity index (χ4n) is 2.95. The standard InChI is InChI=1S/C16H22Cl2N2O2/c1-11(21)20-6-5-12(9-20)8-19(2)10-16(22)14-4-3-13(17)7-15(14)18/h3-4,7,12,16,22H,5-6,8-10H2,1-2H3. The third-order valence-corrected chi connectivity index (χ3v) is 4.67. The van der Waals surface area contributed by atoms with Crippen LogP contribution < -0.4 is 0 Å². The zero-order chi connectivity index (χ0) is 16.3. The van der Waals surface area contributed by atoms with Gasteiger partial charge in [-0.15, -0.1) is 0 Å². The molecule has 1 heterocycles. The largest absolute Gasteiger partial charge is 0.387 e. The van der Waals surface area contributed by atoms with Gasteiger partial charge in [0.2, 0.25) is 5.91 Å². The normalized spacial score (nSPS) is 19.7. The molecule has 0 saturated carbocycles. The molecular formula is C16H22Cl2N2O2. The lowest BCUT2D eigenvalue weighted by molar-refractivity contribution is -0.127. The Balaban J connectivity index is 1.86. The van der Waals surface area contributed by atoms with Crippen molar-refractivity contribution >= 4 is 29.1 Å². The molecule has 0 aliphatic carbocycles. The highest BCUT2D eigenvalue weighted by molar-refractivity contribution is 6.35. The molecule has 2 rings (SSSR count). The summed E-state index contributed by atoms with van der Waals surface area (Å²) in [6, 6.07) is 5.13. The average molecular weight is 345 g/mol. The maximum absolute atomic E-state index is 11.4. The van der Waals surface area contributed by atoms with E-state index in [0.717, 1.165) is 26.1 Å². The predicted molar refractivity (Wildman–Crippen MR) is 89.3 cm³/mol. The molecular weight excluding hydrogens is 323 g/mol. The minimum atomic E-state index is -0.653. The number of carbonyl (C=O) groups excluding carboxylic acids is 1. The molecule has 1 amide bonds. The molecule has 2 unspecified atom stereocenters. The van der Waals surface area contributed by atoms with Crippen molar-refractivity contribution in [2.45, 2.75) is 19.4 Å². The number of aliphatic hydroxyl groups is 1. The van der Waals surface area contributed by atoms with E-state index in [4.69, 9.17) is 23.2 Å². The van der Waals surface area contributed by atoms with Crippen molar-refractivity contribution in [3.63, 3.8) is 0 Å². The maximum atomic E-state index is 11.4. The van der Waals surface area contributed by atoms with E-state index in [0.29, 0.717) is 28.1 Å². The van der Waals surface area contributed by atoms with Crippen LogP contribution in [-0.4, -0.2) is 54.0 Å². The number of likely N-dealkylation sites (tertiary alicyclic amines) is 1. The van der Waals surface area contributed by atoms with Crippen LogP contribution in [-0.2, 0) is 4.79 Å². The van der Waals surface area contributed by atoms with Crippen molar-refractivity contribution in [2.24, 2.45) is 5.92 Å². The molecule has 1 saturated heterocycles. The molecule has 0 bridgehead atoms. The summed E-state index contributed by atoms with van der Waals surface area (Å²) in [4.78, 5) is 15.3. The Kier molecular flexibility index (Phi) is 6.09. The molecule has 1 aliphatic rings. The lowest BCUT2D eigenvalue weighted by Crippen LogP contribution is -2.32. The zero-order valence-corrected chi connectivity index (χ0v) is 14.4. The molecule has 1 aromatic carbocycles. The summed E-state index contributed by atoms with van der Waals surface area (Å²) in [6.45, 7) is 4.60. The quantitative estimate of drug-likeness (QED) is 0.893. The number of hydrogen-bond donors (Lipinski definition) is 1. The number of likely N-dealkylation sites (N-methyl/N-ethyl adjacent to an activating group) is 1. The summed E-state index contributed by atoms with van der Waals surface area (Å²) in [7, 11) is 1.98. The minimum Gasteiger partial charge on any atom is -0.387 e. The van der Waals surface area contributed by atoms with Crippen molar-refractivity contribution in [3.05, 3.63) is 33.8 Å². The number of aliphatic hydroxyl groups excluding tert-OH is 1. The third kappa shape index (κ3) is 4.59. The second-order valence-electron chi connectivity index (χ2n) is 6.02. The van der Waals surface area contributed by atoms with Crippen LogP contribution in [0.1, 0.15) is 25.0 Å². The van der Waals surface area contributed by atoms with Gasteiger partial charge in [-0.2, -0.15) is 0 Å². The number of halogens is 2. The van der Waals surface area contributed by atoms with Gasteiger partial charge in [0.25, 0.3) is 0 Å². The van der Waals surface area contributed by atoms with Crippen molar-refractivity contribution in [1.29, 1.82) is 0 Å². The van der Waals surface area contributed by atoms with Gasteiger partial charge in [0, 0.05) is 48.7 Å². The van der Waals surface area contributed by atoms with Crippen LogP contribution in [0.25, 0.3) is 0 Å². The summed E-state index contributed by atoms with van der Waals surface area (Å²) in [6.07, 6.45) is 0.363. The first-order valence-electron chi connectivity index (χ1n) is 7.44. The molecule has 0 radical (unpaired) electrons. The number of hydrogen-bond acceptors (Lipinski definition) is 3. The first kappa shape index (κ1) is 17.5. The molecule has 0 aromatic heterocycles. The van der Waals surface area contributed by atoms with Crippen molar-refractivity contribution < 1.29 is 9.90 Å². The first-order chi connectivity index (χ1) is 10.4. The summed E-state index contributed by atoms with van der Waals surface area (Å²) >= 11 is 12.0. The maximum Gasteiger partial charge on any atom is 0.219 e. The molecule has 2 atom stereocenters. The van der Waals surface area contributed by atoms with Gasteiger partial charge in [-0.05, 0) is 31.5 Å². The van der Waals surface area contributed by atoms with Gasteiger partial charge in [0.1, 0.15) is 0 Å². The van der Waals surface area contributed by atoms with Crippen LogP contribution in [0, 0.1) is 5.92 Å². The van der Waals surface area contributed by atoms with Gasteiger partial charge in [-0.25, -0.2) is 0 Å². The Labute approximate surface area is 141 Å². The fourth-order valence-corrected chi connectivity index (χ4v) is 3.48. The van der Waals surface area contributed by atoms with E-state index in [2.05, 4.69) is 4.90 Å². The number of carbonyl (C=O) groups is 1. The van der Waals surface area contributed by atoms with E-state index in [9.17, 15) is 9.90 Å².